The van der Waals surface area contributed by atoms with E-state index >= 15 is 0 Å². The summed E-state index contributed by atoms with van der Waals surface area (Å²) in [7, 11) is 3.42. The second-order valence-electron chi connectivity index (χ2n) is 6.20. The SMILES string of the molecule is CCCN(CC(=O)N(C)C)C(=O)CC1(N)CCCCC1. The van der Waals surface area contributed by atoms with Gasteiger partial charge in [-0.2, -0.15) is 0 Å². The van der Waals surface area contributed by atoms with Crippen molar-refractivity contribution in [2.45, 2.75) is 57.4 Å². The maximum absolute atomic E-state index is 12.4. The molecule has 0 saturated heterocycles. The first-order valence-electron chi connectivity index (χ1n) is 7.65. The van der Waals surface area contributed by atoms with Gasteiger partial charge in [0.2, 0.25) is 11.8 Å². The van der Waals surface area contributed by atoms with Crippen molar-refractivity contribution in [3.05, 3.63) is 0 Å². The van der Waals surface area contributed by atoms with Crippen LogP contribution in [0.1, 0.15) is 51.9 Å². The van der Waals surface area contributed by atoms with E-state index in [1.54, 1.807) is 19.0 Å². The average Bonchev–Trinajstić information content (AvgIpc) is 2.38. The number of nitrogens with two attached hydrogens (primary N) is 1. The van der Waals surface area contributed by atoms with E-state index in [9.17, 15) is 9.59 Å². The molecule has 5 heteroatoms. The Bertz CT molecular complexity index is 336. The standard InChI is InChI=1S/C15H29N3O2/c1-4-10-18(12-14(20)17(2)3)13(19)11-15(16)8-6-5-7-9-15/h4-12,16H2,1-3H3. The van der Waals surface area contributed by atoms with Crippen molar-refractivity contribution in [1.29, 1.82) is 0 Å². The van der Waals surface area contributed by atoms with Gasteiger partial charge >= 0.3 is 0 Å². The Hall–Kier alpha value is -1.10. The van der Waals surface area contributed by atoms with Gasteiger partial charge in [-0.1, -0.05) is 26.2 Å². The van der Waals surface area contributed by atoms with Crippen LogP contribution in [-0.4, -0.2) is 54.3 Å². The fourth-order valence-electron chi connectivity index (χ4n) is 2.71. The van der Waals surface area contributed by atoms with Crippen molar-refractivity contribution >= 4 is 11.8 Å². The van der Waals surface area contributed by atoms with Gasteiger partial charge in [-0.25, -0.2) is 0 Å². The van der Waals surface area contributed by atoms with E-state index in [4.69, 9.17) is 5.73 Å². The first kappa shape index (κ1) is 17.0. The normalized spacial score (nSPS) is 17.6. The zero-order chi connectivity index (χ0) is 15.2. The van der Waals surface area contributed by atoms with Gasteiger partial charge in [0.05, 0.1) is 6.54 Å². The molecule has 0 bridgehead atoms. The Balaban J connectivity index is 2.61. The minimum Gasteiger partial charge on any atom is -0.347 e. The monoisotopic (exact) mass is 283 g/mol. The maximum Gasteiger partial charge on any atom is 0.241 e. The van der Waals surface area contributed by atoms with Gasteiger partial charge in [0.15, 0.2) is 0 Å². The molecule has 116 valence electrons. The van der Waals surface area contributed by atoms with Crippen LogP contribution in [0.25, 0.3) is 0 Å². The molecule has 2 N–H and O–H groups in total. The summed E-state index contributed by atoms with van der Waals surface area (Å²) in [6, 6.07) is 0. The van der Waals surface area contributed by atoms with E-state index in [0.717, 1.165) is 32.1 Å². The number of rotatable bonds is 6. The van der Waals surface area contributed by atoms with Crippen LogP contribution in [0.3, 0.4) is 0 Å². The van der Waals surface area contributed by atoms with Crippen LogP contribution in [0, 0.1) is 0 Å². The number of carbonyl (C=O) groups is 2. The highest BCUT2D eigenvalue weighted by Gasteiger charge is 2.32. The van der Waals surface area contributed by atoms with Crippen molar-refractivity contribution in [3.8, 4) is 0 Å². The molecule has 0 aromatic carbocycles. The van der Waals surface area contributed by atoms with E-state index in [2.05, 4.69) is 0 Å². The Morgan fingerprint density at radius 2 is 1.70 bits per heavy atom. The highest BCUT2D eigenvalue weighted by atomic mass is 16.2. The van der Waals surface area contributed by atoms with Crippen LogP contribution < -0.4 is 5.73 Å². The number of amides is 2. The second kappa shape index (κ2) is 7.62. The van der Waals surface area contributed by atoms with Crippen molar-refractivity contribution in [1.82, 2.24) is 9.80 Å². The van der Waals surface area contributed by atoms with Crippen LogP contribution >= 0.6 is 0 Å². The first-order chi connectivity index (χ1) is 9.38. The molecule has 0 spiro atoms. The molecule has 0 aromatic rings. The zero-order valence-corrected chi connectivity index (χ0v) is 13.2. The summed E-state index contributed by atoms with van der Waals surface area (Å²) < 4.78 is 0. The van der Waals surface area contributed by atoms with E-state index in [0.29, 0.717) is 13.0 Å². The topological polar surface area (TPSA) is 66.6 Å². The van der Waals surface area contributed by atoms with Gasteiger partial charge in [0, 0.05) is 32.6 Å². The fraction of sp³-hybridized carbons (Fsp3) is 0.867. The minimum absolute atomic E-state index is 0.0199. The summed E-state index contributed by atoms with van der Waals surface area (Å²) >= 11 is 0. The summed E-state index contributed by atoms with van der Waals surface area (Å²) in [5, 5.41) is 0. The summed E-state index contributed by atoms with van der Waals surface area (Å²) in [5.74, 6) is -0.0204. The van der Waals surface area contributed by atoms with Crippen LogP contribution in [0.4, 0.5) is 0 Å². The van der Waals surface area contributed by atoms with Gasteiger partial charge < -0.3 is 15.5 Å². The number of nitrogens with zero attached hydrogens (tertiary/aromatic N) is 2. The highest BCUT2D eigenvalue weighted by Crippen LogP contribution is 2.29. The zero-order valence-electron chi connectivity index (χ0n) is 13.2. The third-order valence-corrected chi connectivity index (χ3v) is 4.02. The van der Waals surface area contributed by atoms with Gasteiger partial charge in [-0.05, 0) is 19.3 Å². The van der Waals surface area contributed by atoms with Crippen LogP contribution in [0.15, 0.2) is 0 Å². The van der Waals surface area contributed by atoms with Crippen molar-refractivity contribution in [2.75, 3.05) is 27.2 Å². The van der Waals surface area contributed by atoms with E-state index in [1.807, 2.05) is 6.92 Å². The van der Waals surface area contributed by atoms with Gasteiger partial charge in [-0.15, -0.1) is 0 Å². The smallest absolute Gasteiger partial charge is 0.241 e. The Labute approximate surface area is 122 Å². The average molecular weight is 283 g/mol. The number of likely N-dealkylation sites (N-methyl/N-ethyl adjacent to an activating group) is 1. The molecule has 1 saturated carbocycles. The largest absolute Gasteiger partial charge is 0.347 e. The maximum atomic E-state index is 12.4. The molecular formula is C15H29N3O2. The molecule has 2 amide bonds. The van der Waals surface area contributed by atoms with Crippen molar-refractivity contribution in [2.24, 2.45) is 5.73 Å². The molecule has 1 aliphatic carbocycles. The van der Waals surface area contributed by atoms with Gasteiger partial charge in [-0.3, -0.25) is 9.59 Å². The van der Waals surface area contributed by atoms with Crippen LogP contribution in [0.2, 0.25) is 0 Å². The molecule has 0 heterocycles. The summed E-state index contributed by atoms with van der Waals surface area (Å²) in [6.07, 6.45) is 6.48. The Morgan fingerprint density at radius 1 is 1.10 bits per heavy atom. The molecule has 0 unspecified atom stereocenters. The third kappa shape index (κ3) is 5.12. The predicted octanol–water partition coefficient (Wildman–Crippen LogP) is 1.36. The van der Waals surface area contributed by atoms with E-state index in [-0.39, 0.29) is 23.9 Å². The van der Waals surface area contributed by atoms with Crippen LogP contribution in [-0.2, 0) is 9.59 Å². The molecule has 1 rings (SSSR count). The third-order valence-electron chi connectivity index (χ3n) is 4.02. The lowest BCUT2D eigenvalue weighted by molar-refractivity contribution is -0.140. The number of hydrogen-bond donors (Lipinski definition) is 1. The summed E-state index contributed by atoms with van der Waals surface area (Å²) in [4.78, 5) is 27.4. The number of carbonyl (C=O) groups excluding carboxylic acids is 2. The van der Waals surface area contributed by atoms with Gasteiger partial charge in [0.25, 0.3) is 0 Å². The molecule has 1 fully saturated rings. The lowest BCUT2D eigenvalue weighted by Gasteiger charge is -2.35. The molecule has 0 aromatic heterocycles. The predicted molar refractivity (Wildman–Crippen MR) is 80.2 cm³/mol. The lowest BCUT2D eigenvalue weighted by Crippen LogP contribution is -2.48. The molecular weight excluding hydrogens is 254 g/mol. The first-order valence-corrected chi connectivity index (χ1v) is 7.65. The molecule has 20 heavy (non-hydrogen) atoms. The van der Waals surface area contributed by atoms with Crippen LogP contribution in [0.5, 0.6) is 0 Å². The summed E-state index contributed by atoms with van der Waals surface area (Å²) in [5.41, 5.74) is 5.98. The molecule has 1 aliphatic rings. The van der Waals surface area contributed by atoms with Gasteiger partial charge in [0.1, 0.15) is 0 Å². The lowest BCUT2D eigenvalue weighted by atomic mass is 9.80. The molecule has 5 nitrogen and oxygen atoms in total. The Kier molecular flexibility index (Phi) is 6.46. The number of hydrogen-bond acceptors (Lipinski definition) is 3. The van der Waals surface area contributed by atoms with Crippen molar-refractivity contribution in [3.63, 3.8) is 0 Å². The van der Waals surface area contributed by atoms with E-state index in [1.165, 1.54) is 11.3 Å². The second-order valence-corrected chi connectivity index (χ2v) is 6.20. The Morgan fingerprint density at radius 3 is 2.20 bits per heavy atom. The highest BCUT2D eigenvalue weighted by molar-refractivity contribution is 5.85. The minimum atomic E-state index is -0.359. The fourth-order valence-corrected chi connectivity index (χ4v) is 2.71. The van der Waals surface area contributed by atoms with Crippen molar-refractivity contribution < 1.29 is 9.59 Å². The molecule has 0 aliphatic heterocycles. The quantitative estimate of drug-likeness (QED) is 0.800. The molecule has 0 radical (unpaired) electrons. The summed E-state index contributed by atoms with van der Waals surface area (Å²) in [6.45, 7) is 2.80. The molecule has 0 atom stereocenters. The van der Waals surface area contributed by atoms with E-state index < -0.39 is 0 Å².